The fraction of sp³-hybridized carbons (Fsp3) is 0.462. The van der Waals surface area contributed by atoms with E-state index in [9.17, 15) is 14.9 Å². The highest BCUT2D eigenvalue weighted by Gasteiger charge is 2.11. The number of rotatable bonds is 8. The molecule has 0 radical (unpaired) electrons. The topological polar surface area (TPSA) is 108 Å². The lowest BCUT2D eigenvalue weighted by Gasteiger charge is -2.06. The Hall–Kier alpha value is -2.71. The van der Waals surface area contributed by atoms with Crippen molar-refractivity contribution in [1.82, 2.24) is 24.9 Å². The molecule has 0 aromatic carbocycles. The monoisotopic (exact) mass is 306 g/mol. The lowest BCUT2D eigenvalue weighted by atomic mass is 10.3. The van der Waals surface area contributed by atoms with Crippen LogP contribution in [0.4, 0.5) is 5.82 Å². The van der Waals surface area contributed by atoms with Crippen molar-refractivity contribution in [3.63, 3.8) is 0 Å². The lowest BCUT2D eigenvalue weighted by molar-refractivity contribution is -0.389. The Morgan fingerprint density at radius 1 is 1.41 bits per heavy atom. The molecule has 0 saturated heterocycles. The molecule has 0 bridgehead atoms. The first kappa shape index (κ1) is 15.7. The van der Waals surface area contributed by atoms with Gasteiger partial charge in [0.25, 0.3) is 0 Å². The highest BCUT2D eigenvalue weighted by molar-refractivity contribution is 5.75. The Morgan fingerprint density at radius 3 is 2.86 bits per heavy atom. The number of nitrogens with one attached hydrogen (secondary N) is 1. The predicted molar refractivity (Wildman–Crippen MR) is 78.1 cm³/mol. The lowest BCUT2D eigenvalue weighted by Crippen LogP contribution is -2.26. The van der Waals surface area contributed by atoms with E-state index in [2.05, 4.69) is 15.5 Å². The van der Waals surface area contributed by atoms with Crippen LogP contribution in [0.3, 0.4) is 0 Å². The molecule has 0 aliphatic rings. The van der Waals surface area contributed by atoms with Gasteiger partial charge in [0.1, 0.15) is 0 Å². The van der Waals surface area contributed by atoms with E-state index in [1.807, 2.05) is 17.7 Å². The molecular weight excluding hydrogens is 288 g/mol. The average molecular weight is 306 g/mol. The molecule has 0 unspecified atom stereocenters. The largest absolute Gasteiger partial charge is 0.389 e. The standard InChI is InChI=1S/C13H18N6O3/c1-11-3-7-15-18(11)8-2-6-14-13(20)5-10-17-9-4-12(16-17)19(21)22/h3-4,7,9H,2,5-6,8,10H2,1H3,(H,14,20). The summed E-state index contributed by atoms with van der Waals surface area (Å²) in [6.07, 6.45) is 4.27. The zero-order valence-corrected chi connectivity index (χ0v) is 12.3. The second-order valence-electron chi connectivity index (χ2n) is 4.84. The van der Waals surface area contributed by atoms with Crippen LogP contribution in [0, 0.1) is 17.0 Å². The molecule has 9 heteroatoms. The molecule has 0 aliphatic carbocycles. The van der Waals surface area contributed by atoms with Crippen molar-refractivity contribution in [2.24, 2.45) is 0 Å². The third kappa shape index (κ3) is 4.40. The van der Waals surface area contributed by atoms with Crippen LogP contribution in [0.2, 0.25) is 0 Å². The highest BCUT2D eigenvalue weighted by Crippen LogP contribution is 2.05. The Labute approximate surface area is 127 Å². The SMILES string of the molecule is Cc1ccnn1CCCNC(=O)CCn1ccc([N+](=O)[O-])n1. The van der Waals surface area contributed by atoms with Gasteiger partial charge >= 0.3 is 5.82 Å². The third-order valence-corrected chi connectivity index (χ3v) is 3.18. The number of nitro groups is 1. The minimum Gasteiger partial charge on any atom is -0.358 e. The van der Waals surface area contributed by atoms with Crippen molar-refractivity contribution >= 4 is 11.7 Å². The van der Waals surface area contributed by atoms with Gasteiger partial charge in [0.2, 0.25) is 5.91 Å². The number of aryl methyl sites for hydroxylation is 3. The summed E-state index contributed by atoms with van der Waals surface area (Å²) in [5.74, 6) is -0.314. The van der Waals surface area contributed by atoms with Crippen LogP contribution >= 0.6 is 0 Å². The quantitative estimate of drug-likeness (QED) is 0.443. The minimum atomic E-state index is -0.562. The first-order valence-electron chi connectivity index (χ1n) is 6.99. The first-order valence-corrected chi connectivity index (χ1v) is 6.99. The molecule has 1 amide bonds. The smallest absolute Gasteiger partial charge is 0.358 e. The van der Waals surface area contributed by atoms with E-state index in [1.165, 1.54) is 16.9 Å². The van der Waals surface area contributed by atoms with Gasteiger partial charge in [-0.05, 0) is 24.3 Å². The normalized spacial score (nSPS) is 10.6. The molecular formula is C13H18N6O3. The Kier molecular flexibility index (Phi) is 5.23. The molecule has 2 aromatic heterocycles. The van der Waals surface area contributed by atoms with Crippen LogP contribution in [-0.2, 0) is 17.9 Å². The number of amides is 1. The van der Waals surface area contributed by atoms with Crippen molar-refractivity contribution in [1.29, 1.82) is 0 Å². The van der Waals surface area contributed by atoms with Gasteiger partial charge in [-0.3, -0.25) is 9.48 Å². The molecule has 1 N–H and O–H groups in total. The molecule has 2 heterocycles. The summed E-state index contributed by atoms with van der Waals surface area (Å²) >= 11 is 0. The minimum absolute atomic E-state index is 0.102. The van der Waals surface area contributed by atoms with Crippen molar-refractivity contribution < 1.29 is 9.72 Å². The van der Waals surface area contributed by atoms with Crippen LogP contribution in [0.15, 0.2) is 24.5 Å². The Bertz CT molecular complexity index is 648. The van der Waals surface area contributed by atoms with Crippen LogP contribution in [0.1, 0.15) is 18.5 Å². The van der Waals surface area contributed by atoms with E-state index in [0.29, 0.717) is 13.1 Å². The van der Waals surface area contributed by atoms with Crippen molar-refractivity contribution in [3.8, 4) is 0 Å². The molecule has 0 spiro atoms. The van der Waals surface area contributed by atoms with E-state index < -0.39 is 4.92 Å². The van der Waals surface area contributed by atoms with E-state index in [1.54, 1.807) is 6.20 Å². The van der Waals surface area contributed by atoms with E-state index in [4.69, 9.17) is 0 Å². The zero-order chi connectivity index (χ0) is 15.9. The van der Waals surface area contributed by atoms with E-state index >= 15 is 0 Å². The van der Waals surface area contributed by atoms with Gasteiger partial charge in [-0.1, -0.05) is 0 Å². The molecule has 2 rings (SSSR count). The summed E-state index contributed by atoms with van der Waals surface area (Å²) in [7, 11) is 0. The predicted octanol–water partition coefficient (Wildman–Crippen LogP) is 0.893. The molecule has 0 saturated carbocycles. The maximum atomic E-state index is 11.7. The van der Waals surface area contributed by atoms with Gasteiger partial charge in [0.05, 0.1) is 23.9 Å². The molecule has 9 nitrogen and oxygen atoms in total. The van der Waals surface area contributed by atoms with Gasteiger partial charge in [0.15, 0.2) is 0 Å². The van der Waals surface area contributed by atoms with E-state index in [0.717, 1.165) is 18.7 Å². The zero-order valence-electron chi connectivity index (χ0n) is 12.3. The second kappa shape index (κ2) is 7.34. The molecule has 22 heavy (non-hydrogen) atoms. The van der Waals surface area contributed by atoms with Gasteiger partial charge in [-0.2, -0.15) is 9.78 Å². The fourth-order valence-electron chi connectivity index (χ4n) is 1.97. The Morgan fingerprint density at radius 2 is 2.23 bits per heavy atom. The maximum Gasteiger partial charge on any atom is 0.389 e. The maximum absolute atomic E-state index is 11.7. The van der Waals surface area contributed by atoms with Crippen molar-refractivity contribution in [2.75, 3.05) is 6.54 Å². The summed E-state index contributed by atoms with van der Waals surface area (Å²) in [5.41, 5.74) is 1.09. The number of carbonyl (C=O) groups is 1. The fourth-order valence-corrected chi connectivity index (χ4v) is 1.97. The van der Waals surface area contributed by atoms with Gasteiger partial charge in [0, 0.05) is 31.4 Å². The summed E-state index contributed by atoms with van der Waals surface area (Å²) in [4.78, 5) is 21.6. The number of hydrogen-bond donors (Lipinski definition) is 1. The Balaban J connectivity index is 1.63. The summed E-state index contributed by atoms with van der Waals surface area (Å²) < 4.78 is 3.28. The molecule has 0 fully saturated rings. The average Bonchev–Trinajstić information content (AvgIpc) is 3.11. The van der Waals surface area contributed by atoms with Gasteiger partial charge in [-0.15, -0.1) is 0 Å². The van der Waals surface area contributed by atoms with Crippen LogP contribution < -0.4 is 5.32 Å². The second-order valence-corrected chi connectivity index (χ2v) is 4.84. The van der Waals surface area contributed by atoms with Crippen LogP contribution in [-0.4, -0.2) is 36.9 Å². The summed E-state index contributed by atoms with van der Waals surface area (Å²) in [6, 6.07) is 3.24. The highest BCUT2D eigenvalue weighted by atomic mass is 16.6. The summed E-state index contributed by atoms with van der Waals surface area (Å²) in [6.45, 7) is 3.62. The summed E-state index contributed by atoms with van der Waals surface area (Å²) in [5, 5.41) is 21.2. The molecule has 0 aliphatic heterocycles. The number of hydrogen-bond acceptors (Lipinski definition) is 5. The third-order valence-electron chi connectivity index (χ3n) is 3.18. The van der Waals surface area contributed by atoms with Gasteiger partial charge in [-0.25, -0.2) is 0 Å². The number of nitrogens with zero attached hydrogens (tertiary/aromatic N) is 5. The molecule has 0 atom stereocenters. The van der Waals surface area contributed by atoms with Crippen molar-refractivity contribution in [2.45, 2.75) is 32.9 Å². The number of aromatic nitrogens is 4. The van der Waals surface area contributed by atoms with Crippen LogP contribution in [0.5, 0.6) is 0 Å². The number of carbonyl (C=O) groups excluding carboxylic acids is 1. The molecule has 2 aromatic rings. The van der Waals surface area contributed by atoms with Crippen LogP contribution in [0.25, 0.3) is 0 Å². The van der Waals surface area contributed by atoms with E-state index in [-0.39, 0.29) is 18.1 Å². The van der Waals surface area contributed by atoms with Crippen molar-refractivity contribution in [3.05, 3.63) is 40.3 Å². The van der Waals surface area contributed by atoms with Gasteiger partial charge < -0.3 is 15.4 Å². The molecule has 118 valence electrons. The first-order chi connectivity index (χ1) is 10.6.